The van der Waals surface area contributed by atoms with Gasteiger partial charge in [0, 0.05) is 38.3 Å². The van der Waals surface area contributed by atoms with Crippen LogP contribution in [0.15, 0.2) is 16.3 Å². The van der Waals surface area contributed by atoms with Crippen molar-refractivity contribution in [3.63, 3.8) is 0 Å². The summed E-state index contributed by atoms with van der Waals surface area (Å²) in [5, 5.41) is 5.28. The second-order valence-corrected chi connectivity index (χ2v) is 9.73. The SMILES string of the molecule is O=C(c1sccc1S(=O)(=O)N1CCCC1)N1CCC2CCC(C1)N2. The molecule has 1 aromatic heterocycles. The van der Waals surface area contributed by atoms with Crippen molar-refractivity contribution < 1.29 is 13.2 Å². The topological polar surface area (TPSA) is 69.7 Å². The maximum atomic E-state index is 13.0. The van der Waals surface area contributed by atoms with E-state index in [0.717, 1.165) is 25.7 Å². The number of nitrogens with one attached hydrogen (secondary N) is 1. The fourth-order valence-corrected chi connectivity index (χ4v) is 6.87. The number of carbonyl (C=O) groups excluding carboxylic acids is 1. The van der Waals surface area contributed by atoms with Crippen molar-refractivity contribution in [1.82, 2.24) is 14.5 Å². The second-order valence-electron chi connectivity index (χ2n) is 6.90. The van der Waals surface area contributed by atoms with E-state index in [9.17, 15) is 13.2 Å². The van der Waals surface area contributed by atoms with Gasteiger partial charge in [-0.1, -0.05) is 0 Å². The first kappa shape index (κ1) is 16.5. The number of likely N-dealkylation sites (tertiary alicyclic amines) is 1. The molecule has 4 rings (SSSR count). The van der Waals surface area contributed by atoms with Gasteiger partial charge >= 0.3 is 0 Å². The van der Waals surface area contributed by atoms with E-state index in [4.69, 9.17) is 0 Å². The van der Waals surface area contributed by atoms with Crippen LogP contribution in [-0.2, 0) is 10.0 Å². The third-order valence-electron chi connectivity index (χ3n) is 5.32. The smallest absolute Gasteiger partial charge is 0.265 e. The van der Waals surface area contributed by atoms with Gasteiger partial charge in [0.05, 0.1) is 0 Å². The first-order chi connectivity index (χ1) is 11.6. The van der Waals surface area contributed by atoms with Crippen molar-refractivity contribution in [2.75, 3.05) is 26.2 Å². The van der Waals surface area contributed by atoms with E-state index in [1.54, 1.807) is 11.4 Å². The number of fused-ring (bicyclic) bond motifs is 2. The molecule has 1 amide bonds. The predicted molar refractivity (Wildman–Crippen MR) is 92.8 cm³/mol. The molecule has 132 valence electrons. The lowest BCUT2D eigenvalue weighted by atomic mass is 10.1. The van der Waals surface area contributed by atoms with Crippen LogP contribution in [0.2, 0.25) is 0 Å². The highest BCUT2D eigenvalue weighted by Gasteiger charge is 2.36. The van der Waals surface area contributed by atoms with Gasteiger partial charge in [-0.2, -0.15) is 4.31 Å². The molecule has 0 aromatic carbocycles. The van der Waals surface area contributed by atoms with Crippen LogP contribution in [0.4, 0.5) is 0 Å². The maximum Gasteiger partial charge on any atom is 0.265 e. The summed E-state index contributed by atoms with van der Waals surface area (Å²) in [7, 11) is -3.55. The number of nitrogens with zero attached hydrogens (tertiary/aromatic N) is 2. The first-order valence-electron chi connectivity index (χ1n) is 8.68. The quantitative estimate of drug-likeness (QED) is 0.877. The zero-order valence-corrected chi connectivity index (χ0v) is 15.2. The summed E-state index contributed by atoms with van der Waals surface area (Å²) in [5.41, 5.74) is 0. The zero-order valence-electron chi connectivity index (χ0n) is 13.6. The van der Waals surface area contributed by atoms with Crippen molar-refractivity contribution in [1.29, 1.82) is 0 Å². The minimum Gasteiger partial charge on any atom is -0.336 e. The predicted octanol–water partition coefficient (Wildman–Crippen LogP) is 1.50. The molecule has 0 spiro atoms. The lowest BCUT2D eigenvalue weighted by molar-refractivity contribution is 0.0749. The average molecular weight is 370 g/mol. The number of rotatable bonds is 3. The Morgan fingerprint density at radius 1 is 1.12 bits per heavy atom. The van der Waals surface area contributed by atoms with E-state index in [1.807, 2.05) is 4.90 Å². The van der Waals surface area contributed by atoms with E-state index in [2.05, 4.69) is 5.32 Å². The molecule has 24 heavy (non-hydrogen) atoms. The number of thiophene rings is 1. The lowest BCUT2D eigenvalue weighted by Crippen LogP contribution is -2.39. The largest absolute Gasteiger partial charge is 0.336 e. The highest BCUT2D eigenvalue weighted by Crippen LogP contribution is 2.30. The number of hydrogen-bond donors (Lipinski definition) is 1. The van der Waals surface area contributed by atoms with Gasteiger partial charge in [0.1, 0.15) is 9.77 Å². The Bertz CT molecular complexity index is 725. The Kier molecular flexibility index (Phi) is 4.40. The molecule has 2 unspecified atom stereocenters. The van der Waals surface area contributed by atoms with Gasteiger partial charge in [-0.25, -0.2) is 8.42 Å². The Balaban J connectivity index is 1.58. The van der Waals surface area contributed by atoms with Gasteiger partial charge in [-0.15, -0.1) is 11.3 Å². The minimum absolute atomic E-state index is 0.128. The molecule has 2 bridgehead atoms. The Morgan fingerprint density at radius 2 is 1.88 bits per heavy atom. The standard InChI is InChI=1S/C16H23N3O3S2/c20-16(18-9-5-12-3-4-13(11-18)17-12)15-14(6-10-23-15)24(21,22)19-7-1-2-8-19/h6,10,12-13,17H,1-5,7-9,11H2. The van der Waals surface area contributed by atoms with Crippen LogP contribution in [0, 0.1) is 0 Å². The molecular formula is C16H23N3O3S2. The van der Waals surface area contributed by atoms with Gasteiger partial charge in [0.25, 0.3) is 5.91 Å². The number of sulfonamides is 1. The van der Waals surface area contributed by atoms with Crippen molar-refractivity contribution in [3.05, 3.63) is 16.3 Å². The summed E-state index contributed by atoms with van der Waals surface area (Å²) < 4.78 is 27.2. The summed E-state index contributed by atoms with van der Waals surface area (Å²) >= 11 is 1.25. The fourth-order valence-electron chi connectivity index (χ4n) is 4.00. The summed E-state index contributed by atoms with van der Waals surface area (Å²) in [6.07, 6.45) is 5.01. The summed E-state index contributed by atoms with van der Waals surface area (Å²) in [4.78, 5) is 15.4. The summed E-state index contributed by atoms with van der Waals surface area (Å²) in [6.45, 7) is 2.50. The molecule has 3 fully saturated rings. The van der Waals surface area contributed by atoms with Crippen molar-refractivity contribution >= 4 is 27.3 Å². The molecule has 0 radical (unpaired) electrons. The summed E-state index contributed by atoms with van der Waals surface area (Å²) in [5.74, 6) is -0.128. The van der Waals surface area contributed by atoms with Crippen molar-refractivity contribution in [2.45, 2.75) is 49.1 Å². The molecule has 6 nitrogen and oxygen atoms in total. The van der Waals surface area contributed by atoms with E-state index >= 15 is 0 Å². The van der Waals surface area contributed by atoms with E-state index in [1.165, 1.54) is 22.1 Å². The van der Waals surface area contributed by atoms with E-state index in [0.29, 0.717) is 43.1 Å². The van der Waals surface area contributed by atoms with Crippen LogP contribution in [-0.4, -0.2) is 61.8 Å². The van der Waals surface area contributed by atoms with Gasteiger partial charge < -0.3 is 10.2 Å². The van der Waals surface area contributed by atoms with Crippen LogP contribution < -0.4 is 5.32 Å². The molecule has 3 aliphatic heterocycles. The average Bonchev–Trinajstić information content (AvgIpc) is 3.27. The molecule has 0 aliphatic carbocycles. The molecule has 4 heterocycles. The molecule has 8 heteroatoms. The first-order valence-corrected chi connectivity index (χ1v) is 11.0. The molecule has 1 aromatic rings. The van der Waals surface area contributed by atoms with Gasteiger partial charge in [-0.3, -0.25) is 4.79 Å². The van der Waals surface area contributed by atoms with E-state index in [-0.39, 0.29) is 10.8 Å². The monoisotopic (exact) mass is 369 g/mol. The van der Waals surface area contributed by atoms with Crippen LogP contribution in [0.25, 0.3) is 0 Å². The Morgan fingerprint density at radius 3 is 2.67 bits per heavy atom. The third-order valence-corrected chi connectivity index (χ3v) is 8.29. The Hall–Kier alpha value is -0.960. The Labute approximate surface area is 146 Å². The fraction of sp³-hybridized carbons (Fsp3) is 0.688. The normalized spacial score (nSPS) is 28.2. The number of amides is 1. The van der Waals surface area contributed by atoms with E-state index < -0.39 is 10.0 Å². The van der Waals surface area contributed by atoms with Crippen LogP contribution in [0.5, 0.6) is 0 Å². The third kappa shape index (κ3) is 2.89. The van der Waals surface area contributed by atoms with Gasteiger partial charge in [0.2, 0.25) is 10.0 Å². The van der Waals surface area contributed by atoms with Crippen molar-refractivity contribution in [3.8, 4) is 0 Å². The summed E-state index contributed by atoms with van der Waals surface area (Å²) in [6, 6.07) is 2.44. The molecule has 3 saturated heterocycles. The molecular weight excluding hydrogens is 346 g/mol. The molecule has 0 saturated carbocycles. The molecule has 1 N–H and O–H groups in total. The van der Waals surface area contributed by atoms with Crippen LogP contribution in [0.3, 0.4) is 0 Å². The van der Waals surface area contributed by atoms with Crippen LogP contribution >= 0.6 is 11.3 Å². The highest BCUT2D eigenvalue weighted by molar-refractivity contribution is 7.89. The van der Waals surface area contributed by atoms with Gasteiger partial charge in [-0.05, 0) is 43.6 Å². The number of hydrogen-bond acceptors (Lipinski definition) is 5. The lowest BCUT2D eigenvalue weighted by Gasteiger charge is -2.24. The molecule has 3 aliphatic rings. The number of carbonyl (C=O) groups is 1. The highest BCUT2D eigenvalue weighted by atomic mass is 32.2. The van der Waals surface area contributed by atoms with Crippen LogP contribution in [0.1, 0.15) is 41.8 Å². The molecule has 2 atom stereocenters. The van der Waals surface area contributed by atoms with Crippen molar-refractivity contribution in [2.24, 2.45) is 0 Å². The van der Waals surface area contributed by atoms with Gasteiger partial charge in [0.15, 0.2) is 0 Å². The second kappa shape index (κ2) is 6.40. The minimum atomic E-state index is -3.55. The zero-order chi connectivity index (χ0) is 16.7. The maximum absolute atomic E-state index is 13.0.